The van der Waals surface area contributed by atoms with Gasteiger partial charge in [0.1, 0.15) is 6.07 Å². The molecule has 4 heteroatoms. The summed E-state index contributed by atoms with van der Waals surface area (Å²) in [6, 6.07) is 6.73. The maximum Gasteiger partial charge on any atom is 0.101 e. The van der Waals surface area contributed by atoms with Crippen LogP contribution in [0.4, 0.5) is 5.69 Å². The normalized spacial score (nSPS) is 8.00. The highest BCUT2D eigenvalue weighted by Gasteiger charge is 1.96. The van der Waals surface area contributed by atoms with Crippen LogP contribution in [0.3, 0.4) is 0 Å². The number of nitrogens with two attached hydrogens (primary N) is 1. The van der Waals surface area contributed by atoms with Gasteiger partial charge in [-0.25, -0.2) is 0 Å². The van der Waals surface area contributed by atoms with E-state index in [2.05, 4.69) is 0 Å². The average Bonchev–Trinajstić information content (AvgIpc) is 1.94. The van der Waals surface area contributed by atoms with E-state index < -0.39 is 0 Å². The van der Waals surface area contributed by atoms with E-state index in [1.54, 1.807) is 18.2 Å². The van der Waals surface area contributed by atoms with Crippen LogP contribution in [0.15, 0.2) is 18.2 Å². The second-order valence-electron chi connectivity index (χ2n) is 1.85. The first-order valence-electron chi connectivity index (χ1n) is 2.69. The Morgan fingerprint density at radius 2 is 2.09 bits per heavy atom. The van der Waals surface area contributed by atoms with Crippen LogP contribution in [0, 0.1) is 11.3 Å². The third kappa shape index (κ3) is 2.30. The summed E-state index contributed by atoms with van der Waals surface area (Å²) in [4.78, 5) is 0. The van der Waals surface area contributed by atoms with Gasteiger partial charge in [0.2, 0.25) is 0 Å². The summed E-state index contributed by atoms with van der Waals surface area (Å²) in [6.07, 6.45) is 0. The van der Waals surface area contributed by atoms with Gasteiger partial charge >= 0.3 is 0 Å². The highest BCUT2D eigenvalue weighted by atomic mass is 35.5. The highest BCUT2D eigenvalue weighted by Crippen LogP contribution is 2.16. The molecule has 1 aromatic rings. The summed E-state index contributed by atoms with van der Waals surface area (Å²) in [5.74, 6) is 0. The Labute approximate surface area is 76.0 Å². The summed E-state index contributed by atoms with van der Waals surface area (Å²) < 4.78 is 0. The zero-order valence-corrected chi connectivity index (χ0v) is 7.12. The molecule has 0 fully saturated rings. The van der Waals surface area contributed by atoms with E-state index in [0.717, 1.165) is 0 Å². The molecule has 0 saturated carbocycles. The molecule has 0 aliphatic heterocycles. The van der Waals surface area contributed by atoms with Crippen molar-refractivity contribution in [1.29, 1.82) is 5.26 Å². The quantitative estimate of drug-likeness (QED) is 0.636. The molecule has 2 N–H and O–H groups in total. The molecule has 0 radical (unpaired) electrons. The summed E-state index contributed by atoms with van der Waals surface area (Å²) in [5.41, 5.74) is 6.37. The van der Waals surface area contributed by atoms with E-state index in [1.807, 2.05) is 6.07 Å². The third-order valence-electron chi connectivity index (χ3n) is 1.11. The Hall–Kier alpha value is -0.910. The van der Waals surface area contributed by atoms with Gasteiger partial charge in [-0.05, 0) is 18.2 Å². The fourth-order valence-electron chi connectivity index (χ4n) is 0.629. The van der Waals surface area contributed by atoms with Crippen molar-refractivity contribution in [2.24, 2.45) is 0 Å². The average molecular weight is 189 g/mol. The Morgan fingerprint density at radius 3 is 2.55 bits per heavy atom. The van der Waals surface area contributed by atoms with Crippen molar-refractivity contribution in [3.05, 3.63) is 28.8 Å². The molecule has 11 heavy (non-hydrogen) atoms. The smallest absolute Gasteiger partial charge is 0.101 e. The van der Waals surface area contributed by atoms with Gasteiger partial charge in [0.05, 0.1) is 10.6 Å². The minimum atomic E-state index is 0. The number of hydrogen-bond donors (Lipinski definition) is 1. The molecule has 0 atom stereocenters. The lowest BCUT2D eigenvalue weighted by Gasteiger charge is -1.94. The van der Waals surface area contributed by atoms with Crippen molar-refractivity contribution in [3.8, 4) is 6.07 Å². The van der Waals surface area contributed by atoms with Gasteiger partial charge in [-0.3, -0.25) is 0 Å². The lowest BCUT2D eigenvalue weighted by atomic mass is 10.2. The molecule has 0 aromatic heterocycles. The minimum Gasteiger partial charge on any atom is -0.399 e. The van der Waals surface area contributed by atoms with Crippen LogP contribution in [-0.4, -0.2) is 0 Å². The van der Waals surface area contributed by atoms with Crippen molar-refractivity contribution in [1.82, 2.24) is 0 Å². The Morgan fingerprint density at radius 1 is 1.45 bits per heavy atom. The van der Waals surface area contributed by atoms with E-state index in [9.17, 15) is 0 Å². The highest BCUT2D eigenvalue weighted by molar-refractivity contribution is 6.31. The first-order valence-corrected chi connectivity index (χ1v) is 3.07. The monoisotopic (exact) mass is 188 g/mol. The van der Waals surface area contributed by atoms with E-state index >= 15 is 0 Å². The molecule has 0 unspecified atom stereocenters. The molecule has 1 aromatic carbocycles. The van der Waals surface area contributed by atoms with Gasteiger partial charge < -0.3 is 5.73 Å². The fraction of sp³-hybridized carbons (Fsp3) is 0. The van der Waals surface area contributed by atoms with Crippen LogP contribution in [0.5, 0.6) is 0 Å². The SMILES string of the molecule is Cl.N#Cc1cc(N)ccc1Cl. The van der Waals surface area contributed by atoms with E-state index in [0.29, 0.717) is 16.3 Å². The molecule has 0 amide bonds. The van der Waals surface area contributed by atoms with Gasteiger partial charge in [-0.15, -0.1) is 12.4 Å². The fourth-order valence-corrected chi connectivity index (χ4v) is 0.788. The van der Waals surface area contributed by atoms with E-state index in [4.69, 9.17) is 22.6 Å². The van der Waals surface area contributed by atoms with Crippen molar-refractivity contribution in [2.75, 3.05) is 5.73 Å². The van der Waals surface area contributed by atoms with Crippen LogP contribution >= 0.6 is 24.0 Å². The maximum atomic E-state index is 8.45. The lowest BCUT2D eigenvalue weighted by molar-refractivity contribution is 1.48. The predicted molar refractivity (Wildman–Crippen MR) is 47.8 cm³/mol. The number of hydrogen-bond acceptors (Lipinski definition) is 2. The molecule has 0 aliphatic rings. The second kappa shape index (κ2) is 4.07. The molecule has 0 spiro atoms. The predicted octanol–water partition coefficient (Wildman–Crippen LogP) is 2.22. The second-order valence-corrected chi connectivity index (χ2v) is 2.26. The number of rotatable bonds is 0. The molecular formula is C7H6Cl2N2. The summed E-state index contributed by atoms with van der Waals surface area (Å²) in [5, 5.41) is 8.89. The van der Waals surface area contributed by atoms with Crippen LogP contribution in [-0.2, 0) is 0 Å². The number of nitrogens with zero attached hydrogens (tertiary/aromatic N) is 1. The van der Waals surface area contributed by atoms with Gasteiger partial charge in [0, 0.05) is 5.69 Å². The lowest BCUT2D eigenvalue weighted by Crippen LogP contribution is -1.85. The molecule has 0 heterocycles. The molecule has 1 rings (SSSR count). The first-order chi connectivity index (χ1) is 4.74. The van der Waals surface area contributed by atoms with E-state index in [1.165, 1.54) is 0 Å². The standard InChI is InChI=1S/C7H5ClN2.ClH/c8-7-2-1-6(10)3-5(7)4-9;/h1-3H,10H2;1H. The van der Waals surface area contributed by atoms with Gasteiger partial charge in [0.25, 0.3) is 0 Å². The van der Waals surface area contributed by atoms with Gasteiger partial charge in [-0.2, -0.15) is 5.26 Å². The van der Waals surface area contributed by atoms with Crippen LogP contribution in [0.1, 0.15) is 5.56 Å². The number of anilines is 1. The number of halogens is 2. The maximum absolute atomic E-state index is 8.45. The van der Waals surface area contributed by atoms with Crippen molar-refractivity contribution in [2.45, 2.75) is 0 Å². The van der Waals surface area contributed by atoms with Crippen LogP contribution < -0.4 is 5.73 Å². The molecule has 0 bridgehead atoms. The number of nitrogen functional groups attached to an aromatic ring is 1. The molecule has 2 nitrogen and oxygen atoms in total. The summed E-state index contributed by atoms with van der Waals surface area (Å²) in [7, 11) is 0. The van der Waals surface area contributed by atoms with Crippen molar-refractivity contribution < 1.29 is 0 Å². The van der Waals surface area contributed by atoms with Gasteiger partial charge in [0.15, 0.2) is 0 Å². The molecule has 58 valence electrons. The van der Waals surface area contributed by atoms with Gasteiger partial charge in [-0.1, -0.05) is 11.6 Å². The zero-order chi connectivity index (χ0) is 7.56. The first kappa shape index (κ1) is 10.1. The minimum absolute atomic E-state index is 0. The van der Waals surface area contributed by atoms with Crippen LogP contribution in [0.2, 0.25) is 5.02 Å². The van der Waals surface area contributed by atoms with Crippen molar-refractivity contribution in [3.63, 3.8) is 0 Å². The Bertz CT molecular complexity index is 291. The number of nitriles is 1. The molecular weight excluding hydrogens is 183 g/mol. The number of benzene rings is 1. The Balaban J connectivity index is 0.000001000. The largest absolute Gasteiger partial charge is 0.399 e. The molecule has 0 saturated heterocycles. The zero-order valence-electron chi connectivity index (χ0n) is 5.54. The topological polar surface area (TPSA) is 49.8 Å². The summed E-state index contributed by atoms with van der Waals surface area (Å²) in [6.45, 7) is 0. The summed E-state index contributed by atoms with van der Waals surface area (Å²) >= 11 is 5.62. The Kier molecular flexibility index (Phi) is 3.73. The van der Waals surface area contributed by atoms with Crippen LogP contribution in [0.25, 0.3) is 0 Å². The van der Waals surface area contributed by atoms with E-state index in [-0.39, 0.29) is 12.4 Å². The molecule has 0 aliphatic carbocycles. The van der Waals surface area contributed by atoms with Crippen molar-refractivity contribution >= 4 is 29.7 Å². The third-order valence-corrected chi connectivity index (χ3v) is 1.44.